The highest BCUT2D eigenvalue weighted by molar-refractivity contribution is 5.78. The Bertz CT molecular complexity index is 558. The molecule has 3 nitrogen and oxygen atoms in total. The Kier molecular flexibility index (Phi) is 5.55. The molecule has 2 N–H and O–H groups in total. The van der Waals surface area contributed by atoms with Gasteiger partial charge in [0.15, 0.2) is 0 Å². The van der Waals surface area contributed by atoms with Crippen LogP contribution in [-0.4, -0.2) is 36.5 Å². The van der Waals surface area contributed by atoms with Crippen LogP contribution in [0.4, 0.5) is 5.69 Å². The van der Waals surface area contributed by atoms with Crippen LogP contribution in [0, 0.1) is 0 Å². The van der Waals surface area contributed by atoms with Crippen molar-refractivity contribution in [2.24, 2.45) is 0 Å². The van der Waals surface area contributed by atoms with E-state index in [-0.39, 0.29) is 13.2 Å². The second kappa shape index (κ2) is 7.62. The van der Waals surface area contributed by atoms with E-state index >= 15 is 0 Å². The maximum atomic E-state index is 9.08. The largest absolute Gasteiger partial charge is 0.395 e. The molecule has 0 aliphatic carbocycles. The lowest BCUT2D eigenvalue weighted by atomic mass is 9.99. The maximum Gasteiger partial charge on any atom is 0.0606 e. The van der Waals surface area contributed by atoms with Gasteiger partial charge in [-0.3, -0.25) is 0 Å². The Hall–Kier alpha value is -2.10. The standard InChI is InChI=1S/C18H21NO2/c1-15(16-5-3-2-4-6-16)17-7-9-18(10-8-17)19(11-13-20)12-14-21/h2-10,20-21H,1,11-14H2. The van der Waals surface area contributed by atoms with Crippen LogP contribution in [0.3, 0.4) is 0 Å². The zero-order chi connectivity index (χ0) is 15.1. The molecular weight excluding hydrogens is 262 g/mol. The topological polar surface area (TPSA) is 43.7 Å². The van der Waals surface area contributed by atoms with E-state index < -0.39 is 0 Å². The van der Waals surface area contributed by atoms with Gasteiger partial charge in [0, 0.05) is 18.8 Å². The van der Waals surface area contributed by atoms with Gasteiger partial charge in [-0.2, -0.15) is 0 Å². The Morgan fingerprint density at radius 3 is 1.86 bits per heavy atom. The first-order valence-electron chi connectivity index (χ1n) is 7.07. The van der Waals surface area contributed by atoms with Crippen LogP contribution in [0.1, 0.15) is 11.1 Å². The summed E-state index contributed by atoms with van der Waals surface area (Å²) in [6.07, 6.45) is 0. The van der Waals surface area contributed by atoms with E-state index in [0.717, 1.165) is 22.4 Å². The number of hydrogen-bond acceptors (Lipinski definition) is 3. The predicted octanol–water partition coefficient (Wildman–Crippen LogP) is 2.54. The Labute approximate surface area is 125 Å². The van der Waals surface area contributed by atoms with Gasteiger partial charge in [-0.15, -0.1) is 0 Å². The fourth-order valence-electron chi connectivity index (χ4n) is 2.29. The summed E-state index contributed by atoms with van der Waals surface area (Å²) in [6, 6.07) is 18.1. The average Bonchev–Trinajstić information content (AvgIpc) is 2.55. The average molecular weight is 283 g/mol. The van der Waals surface area contributed by atoms with Crippen molar-refractivity contribution in [2.45, 2.75) is 0 Å². The normalized spacial score (nSPS) is 10.4. The van der Waals surface area contributed by atoms with Gasteiger partial charge < -0.3 is 15.1 Å². The van der Waals surface area contributed by atoms with Crippen LogP contribution in [0.2, 0.25) is 0 Å². The number of aliphatic hydroxyl groups is 2. The van der Waals surface area contributed by atoms with Crippen LogP contribution in [-0.2, 0) is 0 Å². The van der Waals surface area contributed by atoms with E-state index in [0.29, 0.717) is 13.1 Å². The zero-order valence-electron chi connectivity index (χ0n) is 12.1. The molecule has 0 heterocycles. The lowest BCUT2D eigenvalue weighted by Crippen LogP contribution is -2.29. The van der Waals surface area contributed by atoms with Crippen molar-refractivity contribution in [3.05, 3.63) is 72.3 Å². The van der Waals surface area contributed by atoms with Gasteiger partial charge >= 0.3 is 0 Å². The summed E-state index contributed by atoms with van der Waals surface area (Å²) >= 11 is 0. The number of rotatable bonds is 7. The molecule has 110 valence electrons. The van der Waals surface area contributed by atoms with Gasteiger partial charge in [-0.05, 0) is 28.8 Å². The summed E-state index contributed by atoms with van der Waals surface area (Å²) < 4.78 is 0. The molecule has 0 saturated carbocycles. The van der Waals surface area contributed by atoms with E-state index in [2.05, 4.69) is 6.58 Å². The third-order valence-electron chi connectivity index (χ3n) is 3.44. The van der Waals surface area contributed by atoms with Crippen LogP contribution in [0.15, 0.2) is 61.2 Å². The molecule has 0 unspecified atom stereocenters. The van der Waals surface area contributed by atoms with Gasteiger partial charge in [-0.25, -0.2) is 0 Å². The third kappa shape index (κ3) is 3.94. The molecule has 0 atom stereocenters. The van der Waals surface area contributed by atoms with Crippen molar-refractivity contribution in [2.75, 3.05) is 31.2 Å². The van der Waals surface area contributed by atoms with Crippen LogP contribution in [0.5, 0.6) is 0 Å². The molecule has 0 saturated heterocycles. The summed E-state index contributed by atoms with van der Waals surface area (Å²) in [7, 11) is 0. The molecule has 2 aromatic carbocycles. The van der Waals surface area contributed by atoms with Crippen molar-refractivity contribution in [3.8, 4) is 0 Å². The molecular formula is C18H21NO2. The second-order valence-corrected chi connectivity index (χ2v) is 4.83. The molecule has 0 spiro atoms. The molecule has 21 heavy (non-hydrogen) atoms. The van der Waals surface area contributed by atoms with Gasteiger partial charge in [0.1, 0.15) is 0 Å². The molecule has 0 aliphatic rings. The number of benzene rings is 2. The zero-order valence-corrected chi connectivity index (χ0v) is 12.1. The first kappa shape index (κ1) is 15.3. The van der Waals surface area contributed by atoms with E-state index in [1.165, 1.54) is 0 Å². The number of nitrogens with zero attached hydrogens (tertiary/aromatic N) is 1. The van der Waals surface area contributed by atoms with Crippen molar-refractivity contribution in [1.82, 2.24) is 0 Å². The number of anilines is 1. The molecule has 2 aromatic rings. The molecule has 0 aromatic heterocycles. The van der Waals surface area contributed by atoms with Crippen LogP contribution >= 0.6 is 0 Å². The minimum absolute atomic E-state index is 0.0679. The number of aliphatic hydroxyl groups excluding tert-OH is 2. The Morgan fingerprint density at radius 1 is 0.810 bits per heavy atom. The molecule has 3 heteroatoms. The Balaban J connectivity index is 2.16. The minimum atomic E-state index is 0.0679. The molecule has 0 aliphatic heterocycles. The van der Waals surface area contributed by atoms with E-state index in [4.69, 9.17) is 10.2 Å². The first-order chi connectivity index (χ1) is 10.3. The van der Waals surface area contributed by atoms with Gasteiger partial charge in [0.05, 0.1) is 13.2 Å². The molecule has 2 rings (SSSR count). The van der Waals surface area contributed by atoms with Crippen molar-refractivity contribution in [1.29, 1.82) is 0 Å². The molecule has 0 fully saturated rings. The third-order valence-corrected chi connectivity index (χ3v) is 3.44. The summed E-state index contributed by atoms with van der Waals surface area (Å²) in [5.41, 5.74) is 4.14. The monoisotopic (exact) mass is 283 g/mol. The fourth-order valence-corrected chi connectivity index (χ4v) is 2.29. The van der Waals surface area contributed by atoms with Gasteiger partial charge in [0.2, 0.25) is 0 Å². The van der Waals surface area contributed by atoms with Crippen molar-refractivity contribution in [3.63, 3.8) is 0 Å². The lowest BCUT2D eigenvalue weighted by molar-refractivity contribution is 0.281. The molecule has 0 bridgehead atoms. The van der Waals surface area contributed by atoms with Gasteiger partial charge in [0.25, 0.3) is 0 Å². The van der Waals surface area contributed by atoms with E-state index in [1.807, 2.05) is 59.5 Å². The van der Waals surface area contributed by atoms with Gasteiger partial charge in [-0.1, -0.05) is 49.0 Å². The summed E-state index contributed by atoms with van der Waals surface area (Å²) in [5.74, 6) is 0. The summed E-state index contributed by atoms with van der Waals surface area (Å²) in [5, 5.41) is 18.2. The fraction of sp³-hybridized carbons (Fsp3) is 0.222. The highest BCUT2D eigenvalue weighted by Crippen LogP contribution is 2.24. The minimum Gasteiger partial charge on any atom is -0.395 e. The SMILES string of the molecule is C=C(c1ccccc1)c1ccc(N(CCO)CCO)cc1. The molecule has 0 amide bonds. The van der Waals surface area contributed by atoms with E-state index in [9.17, 15) is 0 Å². The number of hydrogen-bond donors (Lipinski definition) is 2. The highest BCUT2D eigenvalue weighted by atomic mass is 16.3. The summed E-state index contributed by atoms with van der Waals surface area (Å²) in [4.78, 5) is 1.95. The second-order valence-electron chi connectivity index (χ2n) is 4.83. The van der Waals surface area contributed by atoms with Crippen molar-refractivity contribution >= 4 is 11.3 Å². The maximum absolute atomic E-state index is 9.08. The quantitative estimate of drug-likeness (QED) is 0.820. The van der Waals surface area contributed by atoms with Crippen LogP contribution in [0.25, 0.3) is 5.57 Å². The summed E-state index contributed by atoms with van der Waals surface area (Å²) in [6.45, 7) is 5.31. The van der Waals surface area contributed by atoms with Crippen LogP contribution < -0.4 is 4.90 Å². The predicted molar refractivity (Wildman–Crippen MR) is 87.4 cm³/mol. The highest BCUT2D eigenvalue weighted by Gasteiger charge is 2.07. The first-order valence-corrected chi connectivity index (χ1v) is 7.07. The molecule has 0 radical (unpaired) electrons. The van der Waals surface area contributed by atoms with E-state index in [1.54, 1.807) is 0 Å². The smallest absolute Gasteiger partial charge is 0.0606 e. The van der Waals surface area contributed by atoms with Crippen molar-refractivity contribution < 1.29 is 10.2 Å². The lowest BCUT2D eigenvalue weighted by Gasteiger charge is -2.23. The Morgan fingerprint density at radius 2 is 1.33 bits per heavy atom.